The summed E-state index contributed by atoms with van der Waals surface area (Å²) in [6.07, 6.45) is 6.65. The first-order chi connectivity index (χ1) is 12.7. The van der Waals surface area contributed by atoms with Gasteiger partial charge in [-0.1, -0.05) is 30.3 Å². The zero-order chi connectivity index (χ0) is 18.2. The predicted octanol–water partition coefficient (Wildman–Crippen LogP) is 2.60. The van der Waals surface area contributed by atoms with Crippen LogP contribution in [-0.2, 0) is 19.5 Å². The fourth-order valence-corrected chi connectivity index (χ4v) is 3.41. The van der Waals surface area contributed by atoms with Crippen LogP contribution >= 0.6 is 11.3 Å². The highest BCUT2D eigenvalue weighted by Crippen LogP contribution is 2.11. The van der Waals surface area contributed by atoms with Gasteiger partial charge in [-0.25, -0.2) is 9.97 Å². The molecule has 0 atom stereocenters. The van der Waals surface area contributed by atoms with E-state index in [0.29, 0.717) is 6.54 Å². The van der Waals surface area contributed by atoms with Crippen molar-refractivity contribution in [2.24, 2.45) is 4.99 Å². The van der Waals surface area contributed by atoms with Crippen molar-refractivity contribution in [3.63, 3.8) is 0 Å². The van der Waals surface area contributed by atoms with Gasteiger partial charge in [-0.3, -0.25) is 4.99 Å². The van der Waals surface area contributed by atoms with Gasteiger partial charge in [0.15, 0.2) is 5.96 Å². The number of aliphatic imine (C=N–C) groups is 1. The maximum Gasteiger partial charge on any atom is 0.191 e. The molecule has 2 aromatic heterocycles. The second-order valence-corrected chi connectivity index (χ2v) is 7.24. The normalized spacial score (nSPS) is 11.5. The van der Waals surface area contributed by atoms with Gasteiger partial charge in [0.25, 0.3) is 0 Å². The van der Waals surface area contributed by atoms with Gasteiger partial charge in [0.1, 0.15) is 5.82 Å². The van der Waals surface area contributed by atoms with E-state index in [4.69, 9.17) is 0 Å². The van der Waals surface area contributed by atoms with Crippen molar-refractivity contribution < 1.29 is 0 Å². The average Bonchev–Trinajstić information content (AvgIpc) is 3.27. The molecule has 0 fully saturated rings. The van der Waals surface area contributed by atoms with E-state index in [9.17, 15) is 0 Å². The molecule has 0 saturated heterocycles. The Morgan fingerprint density at radius 2 is 2.04 bits per heavy atom. The number of thiazole rings is 1. The third-order valence-electron chi connectivity index (χ3n) is 3.94. The molecule has 6 nitrogen and oxygen atoms in total. The summed E-state index contributed by atoms with van der Waals surface area (Å²) in [5, 5.41) is 7.80. The molecule has 7 heteroatoms. The van der Waals surface area contributed by atoms with Crippen molar-refractivity contribution in [1.82, 2.24) is 25.2 Å². The summed E-state index contributed by atoms with van der Waals surface area (Å²) >= 11 is 1.74. The standard InChI is InChI=1S/C19H24N6S/c1-15-12-23-18(26-15)8-9-22-19(20-2)24-13-17-21-10-11-25(17)14-16-6-4-3-5-7-16/h3-7,10-12H,8-9,13-14H2,1-2H3,(H2,20,22,24). The molecule has 2 N–H and O–H groups in total. The second kappa shape index (κ2) is 9.15. The smallest absolute Gasteiger partial charge is 0.191 e. The van der Waals surface area contributed by atoms with E-state index in [1.165, 1.54) is 10.4 Å². The summed E-state index contributed by atoms with van der Waals surface area (Å²) in [6, 6.07) is 10.4. The summed E-state index contributed by atoms with van der Waals surface area (Å²) in [4.78, 5) is 14.4. The Kier molecular flexibility index (Phi) is 6.38. The Hall–Kier alpha value is -2.67. The molecule has 0 bridgehead atoms. The lowest BCUT2D eigenvalue weighted by Gasteiger charge is -2.12. The van der Waals surface area contributed by atoms with Gasteiger partial charge < -0.3 is 15.2 Å². The lowest BCUT2D eigenvalue weighted by atomic mass is 10.2. The fourth-order valence-electron chi connectivity index (χ4n) is 2.62. The summed E-state index contributed by atoms with van der Waals surface area (Å²) in [6.45, 7) is 4.31. The Balaban J connectivity index is 1.49. The van der Waals surface area contributed by atoms with E-state index >= 15 is 0 Å². The van der Waals surface area contributed by atoms with Gasteiger partial charge in [-0.15, -0.1) is 11.3 Å². The summed E-state index contributed by atoms with van der Waals surface area (Å²) in [5.74, 6) is 1.75. The molecule has 2 heterocycles. The lowest BCUT2D eigenvalue weighted by molar-refractivity contribution is 0.687. The topological polar surface area (TPSA) is 67.1 Å². The van der Waals surface area contributed by atoms with E-state index in [1.807, 2.05) is 24.7 Å². The number of hydrogen-bond donors (Lipinski definition) is 2. The van der Waals surface area contributed by atoms with Gasteiger partial charge in [-0.2, -0.15) is 0 Å². The first-order valence-corrected chi connectivity index (χ1v) is 9.46. The molecule has 0 saturated carbocycles. The minimum Gasteiger partial charge on any atom is -0.356 e. The van der Waals surface area contributed by atoms with Crippen LogP contribution in [0.15, 0.2) is 53.9 Å². The molecule has 0 unspecified atom stereocenters. The first kappa shape index (κ1) is 18.1. The van der Waals surface area contributed by atoms with Crippen molar-refractivity contribution in [2.45, 2.75) is 26.4 Å². The van der Waals surface area contributed by atoms with Crippen molar-refractivity contribution in [1.29, 1.82) is 0 Å². The molecule has 0 radical (unpaired) electrons. The van der Waals surface area contributed by atoms with Gasteiger partial charge in [-0.05, 0) is 12.5 Å². The van der Waals surface area contributed by atoms with Crippen LogP contribution in [0, 0.1) is 6.92 Å². The van der Waals surface area contributed by atoms with Crippen molar-refractivity contribution in [3.05, 3.63) is 70.2 Å². The largest absolute Gasteiger partial charge is 0.356 e. The summed E-state index contributed by atoms with van der Waals surface area (Å²) in [5.41, 5.74) is 1.26. The van der Waals surface area contributed by atoms with Crippen molar-refractivity contribution in [2.75, 3.05) is 13.6 Å². The Morgan fingerprint density at radius 3 is 2.77 bits per heavy atom. The molecule has 0 amide bonds. The third kappa shape index (κ3) is 5.16. The number of guanidine groups is 1. The molecule has 136 valence electrons. The number of aryl methyl sites for hydroxylation is 1. The number of nitrogens with one attached hydrogen (secondary N) is 2. The van der Waals surface area contributed by atoms with Crippen LogP contribution in [0.3, 0.4) is 0 Å². The SMILES string of the molecule is CN=C(NCCc1ncc(C)s1)NCc1nccn1Cc1ccccc1. The minimum atomic E-state index is 0.621. The van der Waals surface area contributed by atoms with Crippen LogP contribution in [-0.4, -0.2) is 34.1 Å². The molecule has 26 heavy (non-hydrogen) atoms. The maximum absolute atomic E-state index is 4.46. The van der Waals surface area contributed by atoms with Crippen molar-refractivity contribution in [3.8, 4) is 0 Å². The summed E-state index contributed by atoms with van der Waals surface area (Å²) < 4.78 is 2.15. The van der Waals surface area contributed by atoms with Gasteiger partial charge in [0, 0.05) is 50.0 Å². The van der Waals surface area contributed by atoms with Gasteiger partial charge >= 0.3 is 0 Å². The van der Waals surface area contributed by atoms with Crippen LogP contribution in [0.25, 0.3) is 0 Å². The van der Waals surface area contributed by atoms with E-state index in [1.54, 1.807) is 18.4 Å². The number of benzene rings is 1. The molecule has 0 spiro atoms. The highest BCUT2D eigenvalue weighted by molar-refractivity contribution is 7.11. The van der Waals surface area contributed by atoms with Crippen LogP contribution < -0.4 is 10.6 Å². The summed E-state index contributed by atoms with van der Waals surface area (Å²) in [7, 11) is 1.78. The first-order valence-electron chi connectivity index (χ1n) is 8.64. The van der Waals surface area contributed by atoms with Crippen LogP contribution in [0.5, 0.6) is 0 Å². The quantitative estimate of drug-likeness (QED) is 0.497. The highest BCUT2D eigenvalue weighted by atomic mass is 32.1. The minimum absolute atomic E-state index is 0.621. The van der Waals surface area contributed by atoms with Crippen molar-refractivity contribution >= 4 is 17.3 Å². The number of rotatable bonds is 7. The van der Waals surface area contributed by atoms with Crippen LogP contribution in [0.1, 0.15) is 21.3 Å². The predicted molar refractivity (Wildman–Crippen MR) is 107 cm³/mol. The van der Waals surface area contributed by atoms with Gasteiger partial charge in [0.05, 0.1) is 11.6 Å². The Labute approximate surface area is 158 Å². The molecule has 0 aliphatic rings. The van der Waals surface area contributed by atoms with E-state index in [2.05, 4.69) is 61.4 Å². The Morgan fingerprint density at radius 1 is 1.19 bits per heavy atom. The number of nitrogens with zero attached hydrogens (tertiary/aromatic N) is 4. The van der Waals surface area contributed by atoms with Gasteiger partial charge in [0.2, 0.25) is 0 Å². The molecular formula is C19H24N6S. The highest BCUT2D eigenvalue weighted by Gasteiger charge is 2.06. The number of aromatic nitrogens is 3. The molecule has 3 aromatic rings. The molecule has 3 rings (SSSR count). The number of imidazole rings is 1. The van der Waals surface area contributed by atoms with Crippen LogP contribution in [0.4, 0.5) is 0 Å². The lowest BCUT2D eigenvalue weighted by Crippen LogP contribution is -2.38. The molecular weight excluding hydrogens is 344 g/mol. The molecule has 0 aliphatic carbocycles. The van der Waals surface area contributed by atoms with E-state index in [-0.39, 0.29) is 0 Å². The second-order valence-electron chi connectivity index (χ2n) is 5.92. The molecule has 1 aromatic carbocycles. The third-order valence-corrected chi connectivity index (χ3v) is 4.91. The maximum atomic E-state index is 4.46. The molecule has 0 aliphatic heterocycles. The fraction of sp³-hybridized carbons (Fsp3) is 0.316. The Bertz CT molecular complexity index is 837. The zero-order valence-corrected chi connectivity index (χ0v) is 16.0. The van der Waals surface area contributed by atoms with Crippen LogP contribution in [0.2, 0.25) is 0 Å². The van der Waals surface area contributed by atoms with E-state index in [0.717, 1.165) is 36.3 Å². The van der Waals surface area contributed by atoms with E-state index < -0.39 is 0 Å². The zero-order valence-electron chi connectivity index (χ0n) is 15.1. The monoisotopic (exact) mass is 368 g/mol. The number of hydrogen-bond acceptors (Lipinski definition) is 4. The average molecular weight is 369 g/mol.